The van der Waals surface area contributed by atoms with Gasteiger partial charge in [0.05, 0.1) is 6.04 Å². The number of rotatable bonds is 4. The number of carbonyl (C=O) groups is 2. The van der Waals surface area contributed by atoms with Gasteiger partial charge in [-0.25, -0.2) is 0 Å². The maximum absolute atomic E-state index is 12.2. The second-order valence-electron chi connectivity index (χ2n) is 6.26. The molecule has 0 aliphatic carbocycles. The van der Waals surface area contributed by atoms with Crippen LogP contribution < -0.4 is 5.73 Å². The summed E-state index contributed by atoms with van der Waals surface area (Å²) >= 11 is 1.70. The van der Waals surface area contributed by atoms with E-state index in [0.717, 1.165) is 5.75 Å². The zero-order valence-corrected chi connectivity index (χ0v) is 13.8. The van der Waals surface area contributed by atoms with Crippen LogP contribution in [0.1, 0.15) is 27.2 Å². The molecule has 6 heteroatoms. The lowest BCUT2D eigenvalue weighted by molar-refractivity contribution is -0.145. The summed E-state index contributed by atoms with van der Waals surface area (Å²) in [5, 5.41) is 0. The number of nitrogens with two attached hydrogens (primary N) is 1. The van der Waals surface area contributed by atoms with Crippen LogP contribution in [-0.2, 0) is 9.59 Å². The Balaban J connectivity index is 2.46. The number of thioether (sulfide) groups is 1. The van der Waals surface area contributed by atoms with E-state index >= 15 is 0 Å². The lowest BCUT2D eigenvalue weighted by Crippen LogP contribution is -2.55. The molecule has 5 nitrogen and oxygen atoms in total. The van der Waals surface area contributed by atoms with E-state index in [1.165, 1.54) is 0 Å². The largest absolute Gasteiger partial charge is 0.339 e. The second-order valence-corrected chi connectivity index (χ2v) is 7.24. The van der Waals surface area contributed by atoms with Crippen LogP contribution in [0.5, 0.6) is 0 Å². The fraction of sp³-hybridized carbons (Fsp3) is 0.857. The predicted octanol–water partition coefficient (Wildman–Crippen LogP) is 0.784. The maximum Gasteiger partial charge on any atom is 0.239 e. The van der Waals surface area contributed by atoms with Crippen LogP contribution in [0, 0.1) is 5.41 Å². The van der Waals surface area contributed by atoms with Crippen LogP contribution in [0.3, 0.4) is 0 Å². The van der Waals surface area contributed by atoms with Crippen molar-refractivity contribution in [3.05, 3.63) is 0 Å². The fourth-order valence-corrected chi connectivity index (χ4v) is 2.70. The third-order valence-corrected chi connectivity index (χ3v) is 4.11. The Morgan fingerprint density at radius 1 is 1.15 bits per heavy atom. The monoisotopic (exact) mass is 301 g/mol. The lowest BCUT2D eigenvalue weighted by atomic mass is 9.94. The summed E-state index contributed by atoms with van der Waals surface area (Å²) in [5.41, 5.74) is 5.55. The molecule has 1 atom stereocenters. The summed E-state index contributed by atoms with van der Waals surface area (Å²) in [6.07, 6.45) is 2.72. The van der Waals surface area contributed by atoms with Crippen molar-refractivity contribution < 1.29 is 9.59 Å². The minimum absolute atomic E-state index is 0.0157. The van der Waals surface area contributed by atoms with E-state index in [1.807, 2.05) is 31.9 Å². The van der Waals surface area contributed by atoms with Gasteiger partial charge in [-0.05, 0) is 18.4 Å². The summed E-state index contributed by atoms with van der Waals surface area (Å²) in [4.78, 5) is 28.0. The number of nitrogens with zero attached hydrogens (tertiary/aromatic N) is 2. The highest BCUT2D eigenvalue weighted by molar-refractivity contribution is 7.98. The number of hydrogen-bond donors (Lipinski definition) is 1. The summed E-state index contributed by atoms with van der Waals surface area (Å²) in [7, 11) is 0. The molecule has 0 aromatic rings. The molecule has 1 aliphatic rings. The molecule has 0 radical (unpaired) electrons. The average molecular weight is 301 g/mol. The number of hydrogen-bond acceptors (Lipinski definition) is 4. The van der Waals surface area contributed by atoms with Crippen molar-refractivity contribution in [2.75, 3.05) is 38.2 Å². The van der Waals surface area contributed by atoms with E-state index in [1.54, 1.807) is 16.7 Å². The van der Waals surface area contributed by atoms with Crippen molar-refractivity contribution in [3.63, 3.8) is 0 Å². The fourth-order valence-electron chi connectivity index (χ4n) is 2.21. The van der Waals surface area contributed by atoms with E-state index in [-0.39, 0.29) is 17.2 Å². The van der Waals surface area contributed by atoms with Crippen molar-refractivity contribution in [3.8, 4) is 0 Å². The predicted molar refractivity (Wildman–Crippen MR) is 83.6 cm³/mol. The van der Waals surface area contributed by atoms with Crippen molar-refractivity contribution in [2.24, 2.45) is 11.1 Å². The molecule has 20 heavy (non-hydrogen) atoms. The van der Waals surface area contributed by atoms with Crippen LogP contribution in [0.25, 0.3) is 0 Å². The maximum atomic E-state index is 12.2. The van der Waals surface area contributed by atoms with Crippen LogP contribution in [0.15, 0.2) is 0 Å². The van der Waals surface area contributed by atoms with Gasteiger partial charge in [-0.3, -0.25) is 9.59 Å². The molecule has 116 valence electrons. The number of piperazine rings is 1. The summed E-state index contributed by atoms with van der Waals surface area (Å²) in [6, 6.07) is -0.410. The molecule has 0 spiro atoms. The Kier molecular flexibility index (Phi) is 6.33. The van der Waals surface area contributed by atoms with Crippen molar-refractivity contribution in [1.29, 1.82) is 0 Å². The molecule has 1 rings (SSSR count). The normalized spacial score (nSPS) is 18.1. The van der Waals surface area contributed by atoms with Crippen LogP contribution >= 0.6 is 11.8 Å². The molecular formula is C14H27N3O2S. The highest BCUT2D eigenvalue weighted by atomic mass is 32.2. The standard InChI is InChI=1S/C14H27N3O2S/c1-14(2,3)13(19)17-8-6-16(7-9-17)12(18)11(15)5-10-20-4/h11H,5-10,15H2,1-4H3/t11-/m0/s1. The van der Waals surface area contributed by atoms with E-state index in [4.69, 9.17) is 5.73 Å². The van der Waals surface area contributed by atoms with Gasteiger partial charge in [-0.1, -0.05) is 20.8 Å². The Morgan fingerprint density at radius 3 is 2.10 bits per heavy atom. The molecule has 2 amide bonds. The topological polar surface area (TPSA) is 66.6 Å². The SMILES string of the molecule is CSCC[C@H](N)C(=O)N1CCN(C(=O)C(C)(C)C)CC1. The highest BCUT2D eigenvalue weighted by Crippen LogP contribution is 2.18. The first-order valence-corrected chi connectivity index (χ1v) is 8.49. The van der Waals surface area contributed by atoms with Crippen LogP contribution in [0.2, 0.25) is 0 Å². The minimum atomic E-state index is -0.410. The third-order valence-electron chi connectivity index (χ3n) is 3.47. The van der Waals surface area contributed by atoms with Gasteiger partial charge in [0.1, 0.15) is 0 Å². The molecule has 0 aromatic carbocycles. The van der Waals surface area contributed by atoms with Gasteiger partial charge >= 0.3 is 0 Å². The van der Waals surface area contributed by atoms with E-state index < -0.39 is 6.04 Å². The van der Waals surface area contributed by atoms with Crippen LogP contribution in [0.4, 0.5) is 0 Å². The Bertz CT molecular complexity index is 347. The summed E-state index contributed by atoms with van der Waals surface area (Å²) in [6.45, 7) is 8.16. The molecule has 1 aliphatic heterocycles. The molecule has 2 N–H and O–H groups in total. The molecule has 1 saturated heterocycles. The lowest BCUT2D eigenvalue weighted by Gasteiger charge is -2.38. The van der Waals surface area contributed by atoms with Gasteiger partial charge in [-0.15, -0.1) is 0 Å². The minimum Gasteiger partial charge on any atom is -0.339 e. The van der Waals surface area contributed by atoms with E-state index in [2.05, 4.69) is 0 Å². The Morgan fingerprint density at radius 2 is 1.65 bits per heavy atom. The van der Waals surface area contributed by atoms with E-state index in [9.17, 15) is 9.59 Å². The molecule has 0 saturated carbocycles. The highest BCUT2D eigenvalue weighted by Gasteiger charge is 2.31. The molecule has 1 heterocycles. The van der Waals surface area contributed by atoms with Gasteiger partial charge < -0.3 is 15.5 Å². The smallest absolute Gasteiger partial charge is 0.239 e. The van der Waals surface area contributed by atoms with E-state index in [0.29, 0.717) is 32.6 Å². The van der Waals surface area contributed by atoms with Crippen molar-refractivity contribution >= 4 is 23.6 Å². The number of carbonyl (C=O) groups excluding carboxylic acids is 2. The van der Waals surface area contributed by atoms with Gasteiger partial charge in [0.25, 0.3) is 0 Å². The quantitative estimate of drug-likeness (QED) is 0.833. The van der Waals surface area contributed by atoms with Gasteiger partial charge in [0.15, 0.2) is 0 Å². The summed E-state index contributed by atoms with van der Waals surface area (Å²) in [5.74, 6) is 1.06. The van der Waals surface area contributed by atoms with Crippen LogP contribution in [-0.4, -0.2) is 65.8 Å². The molecular weight excluding hydrogens is 274 g/mol. The number of amides is 2. The average Bonchev–Trinajstić information content (AvgIpc) is 2.42. The zero-order valence-electron chi connectivity index (χ0n) is 13.0. The first kappa shape index (κ1) is 17.3. The van der Waals surface area contributed by atoms with Crippen molar-refractivity contribution in [1.82, 2.24) is 9.80 Å². The Hall–Kier alpha value is -0.750. The van der Waals surface area contributed by atoms with Gasteiger partial charge in [-0.2, -0.15) is 11.8 Å². The molecule has 1 fully saturated rings. The third kappa shape index (κ3) is 4.66. The van der Waals surface area contributed by atoms with Gasteiger partial charge in [0.2, 0.25) is 11.8 Å². The molecule has 0 bridgehead atoms. The summed E-state index contributed by atoms with van der Waals surface area (Å²) < 4.78 is 0. The first-order chi connectivity index (χ1) is 9.27. The molecule has 0 unspecified atom stereocenters. The molecule has 0 aromatic heterocycles. The van der Waals surface area contributed by atoms with Gasteiger partial charge in [0, 0.05) is 31.6 Å². The zero-order chi connectivity index (χ0) is 15.3. The Labute approximate surface area is 126 Å². The second kappa shape index (κ2) is 7.31. The van der Waals surface area contributed by atoms with Crippen molar-refractivity contribution in [2.45, 2.75) is 33.2 Å². The first-order valence-electron chi connectivity index (χ1n) is 7.10.